The van der Waals surface area contributed by atoms with Gasteiger partial charge in [0, 0.05) is 30.7 Å². The highest BCUT2D eigenvalue weighted by Crippen LogP contribution is 2.27. The molecule has 0 aliphatic heterocycles. The fourth-order valence-electron chi connectivity index (χ4n) is 2.27. The molecule has 1 heterocycles. The van der Waals surface area contributed by atoms with Crippen molar-refractivity contribution in [3.63, 3.8) is 0 Å². The van der Waals surface area contributed by atoms with Crippen LogP contribution in [0.1, 0.15) is 20.8 Å². The number of carbonyl (C=O) groups excluding carboxylic acids is 1. The number of thioether (sulfide) groups is 1. The zero-order valence-electron chi connectivity index (χ0n) is 13.8. The van der Waals surface area contributed by atoms with Gasteiger partial charge >= 0.3 is 0 Å². The van der Waals surface area contributed by atoms with Crippen LogP contribution in [-0.2, 0) is 11.8 Å². The molecule has 1 amide bonds. The molecule has 23 heavy (non-hydrogen) atoms. The van der Waals surface area contributed by atoms with Crippen molar-refractivity contribution in [2.75, 3.05) is 13.1 Å². The van der Waals surface area contributed by atoms with Crippen molar-refractivity contribution in [3.05, 3.63) is 29.3 Å². The lowest BCUT2D eigenvalue weighted by atomic mass is 10.2. The van der Waals surface area contributed by atoms with Crippen molar-refractivity contribution in [2.45, 2.75) is 31.2 Å². The third-order valence-corrected chi connectivity index (χ3v) is 5.02. The number of benzene rings is 1. The van der Waals surface area contributed by atoms with Crippen LogP contribution in [0.4, 0.5) is 0 Å². The summed E-state index contributed by atoms with van der Waals surface area (Å²) < 4.78 is 1.90. The van der Waals surface area contributed by atoms with Gasteiger partial charge in [0.15, 0.2) is 11.0 Å². The highest BCUT2D eigenvalue weighted by molar-refractivity contribution is 8.00. The molecular formula is C16H21ClN4OS. The Morgan fingerprint density at radius 2 is 1.87 bits per heavy atom. The van der Waals surface area contributed by atoms with E-state index >= 15 is 0 Å². The maximum Gasteiger partial charge on any atom is 0.235 e. The van der Waals surface area contributed by atoms with Crippen LogP contribution in [0.25, 0.3) is 11.4 Å². The molecule has 0 saturated carbocycles. The second-order valence-corrected chi connectivity index (χ2v) is 6.89. The van der Waals surface area contributed by atoms with Crippen LogP contribution in [0.3, 0.4) is 0 Å². The molecule has 1 aromatic heterocycles. The van der Waals surface area contributed by atoms with Gasteiger partial charge < -0.3 is 9.47 Å². The van der Waals surface area contributed by atoms with E-state index in [0.29, 0.717) is 5.02 Å². The molecule has 7 heteroatoms. The molecule has 1 unspecified atom stereocenters. The van der Waals surface area contributed by atoms with Gasteiger partial charge in [0.2, 0.25) is 5.91 Å². The van der Waals surface area contributed by atoms with Gasteiger partial charge in [-0.25, -0.2) is 0 Å². The monoisotopic (exact) mass is 352 g/mol. The normalized spacial score (nSPS) is 12.2. The molecule has 0 radical (unpaired) electrons. The largest absolute Gasteiger partial charge is 0.342 e. The summed E-state index contributed by atoms with van der Waals surface area (Å²) in [7, 11) is 1.90. The molecule has 0 bridgehead atoms. The summed E-state index contributed by atoms with van der Waals surface area (Å²) in [6.45, 7) is 7.31. The van der Waals surface area contributed by atoms with Crippen molar-refractivity contribution >= 4 is 29.3 Å². The van der Waals surface area contributed by atoms with Gasteiger partial charge in [-0.1, -0.05) is 23.4 Å². The minimum Gasteiger partial charge on any atom is -0.342 e. The number of aromatic nitrogens is 3. The van der Waals surface area contributed by atoms with E-state index in [4.69, 9.17) is 11.6 Å². The van der Waals surface area contributed by atoms with Gasteiger partial charge in [0.05, 0.1) is 5.25 Å². The molecule has 2 aromatic rings. The zero-order valence-corrected chi connectivity index (χ0v) is 15.4. The Hall–Kier alpha value is -1.53. The van der Waals surface area contributed by atoms with Crippen LogP contribution < -0.4 is 0 Å². The predicted molar refractivity (Wildman–Crippen MR) is 94.7 cm³/mol. The van der Waals surface area contributed by atoms with E-state index in [1.54, 1.807) is 0 Å². The lowest BCUT2D eigenvalue weighted by Gasteiger charge is -2.22. The second-order valence-electron chi connectivity index (χ2n) is 5.14. The average Bonchev–Trinajstić information content (AvgIpc) is 2.90. The number of halogens is 1. The zero-order chi connectivity index (χ0) is 17.0. The standard InChI is InChI=1S/C16H21ClN4OS/c1-5-21(6-2)15(22)11(3)23-16-19-18-14(20(16)4)12-7-9-13(17)10-8-12/h7-11H,5-6H2,1-4H3. The maximum absolute atomic E-state index is 12.4. The molecule has 0 aliphatic rings. The molecule has 124 valence electrons. The van der Waals surface area contributed by atoms with Gasteiger partial charge in [0.25, 0.3) is 0 Å². The third-order valence-electron chi connectivity index (χ3n) is 3.64. The Labute approximate surface area is 146 Å². The third kappa shape index (κ3) is 4.06. The highest BCUT2D eigenvalue weighted by Gasteiger charge is 2.22. The minimum absolute atomic E-state index is 0.121. The molecule has 0 saturated heterocycles. The van der Waals surface area contributed by atoms with Gasteiger partial charge in [0.1, 0.15) is 0 Å². The Kier molecular flexibility index (Phi) is 6.07. The van der Waals surface area contributed by atoms with Gasteiger partial charge in [-0.05, 0) is 45.0 Å². The Bertz CT molecular complexity index is 667. The fourth-order valence-corrected chi connectivity index (χ4v) is 3.29. The van der Waals surface area contributed by atoms with Crippen LogP contribution in [-0.4, -0.2) is 43.9 Å². The van der Waals surface area contributed by atoms with Crippen molar-refractivity contribution in [1.29, 1.82) is 0 Å². The first kappa shape index (κ1) is 17.8. The fraction of sp³-hybridized carbons (Fsp3) is 0.438. The van der Waals surface area contributed by atoms with Crippen molar-refractivity contribution < 1.29 is 4.79 Å². The summed E-state index contributed by atoms with van der Waals surface area (Å²) in [6.07, 6.45) is 0. The van der Waals surface area contributed by atoms with E-state index < -0.39 is 0 Å². The second kappa shape index (κ2) is 7.84. The van der Waals surface area contributed by atoms with Crippen LogP contribution in [0, 0.1) is 0 Å². The summed E-state index contributed by atoms with van der Waals surface area (Å²) in [6, 6.07) is 7.46. The first-order valence-corrected chi connectivity index (χ1v) is 8.84. The summed E-state index contributed by atoms with van der Waals surface area (Å²) in [5.74, 6) is 0.877. The van der Waals surface area contributed by atoms with E-state index in [9.17, 15) is 4.79 Å². The number of carbonyl (C=O) groups is 1. The van der Waals surface area contributed by atoms with Crippen LogP contribution in [0.2, 0.25) is 5.02 Å². The van der Waals surface area contributed by atoms with E-state index in [1.807, 2.05) is 61.6 Å². The van der Waals surface area contributed by atoms with Crippen molar-refractivity contribution in [3.8, 4) is 11.4 Å². The Morgan fingerprint density at radius 3 is 2.43 bits per heavy atom. The Morgan fingerprint density at radius 1 is 1.26 bits per heavy atom. The summed E-state index contributed by atoms with van der Waals surface area (Å²) in [5, 5.41) is 9.67. The molecule has 5 nitrogen and oxygen atoms in total. The summed E-state index contributed by atoms with van der Waals surface area (Å²) in [5.41, 5.74) is 0.943. The molecule has 1 aromatic carbocycles. The molecule has 0 aliphatic carbocycles. The lowest BCUT2D eigenvalue weighted by molar-refractivity contribution is -0.129. The molecule has 0 N–H and O–H groups in total. The first-order valence-electron chi connectivity index (χ1n) is 7.58. The average molecular weight is 353 g/mol. The van der Waals surface area contributed by atoms with Gasteiger partial charge in [-0.3, -0.25) is 4.79 Å². The lowest BCUT2D eigenvalue weighted by Crippen LogP contribution is -2.36. The smallest absolute Gasteiger partial charge is 0.235 e. The summed E-state index contributed by atoms with van der Waals surface area (Å²) >= 11 is 7.34. The van der Waals surface area contributed by atoms with E-state index in [2.05, 4.69) is 10.2 Å². The summed E-state index contributed by atoms with van der Waals surface area (Å²) in [4.78, 5) is 14.2. The van der Waals surface area contributed by atoms with Crippen molar-refractivity contribution in [1.82, 2.24) is 19.7 Å². The predicted octanol–water partition coefficient (Wildman–Crippen LogP) is 3.48. The first-order chi connectivity index (χ1) is 11.0. The highest BCUT2D eigenvalue weighted by atomic mass is 35.5. The molecule has 1 atom stereocenters. The molecule has 2 rings (SSSR count). The number of hydrogen-bond donors (Lipinski definition) is 0. The Balaban J connectivity index is 2.16. The van der Waals surface area contributed by atoms with Crippen molar-refractivity contribution in [2.24, 2.45) is 7.05 Å². The molecule has 0 spiro atoms. The maximum atomic E-state index is 12.4. The SMILES string of the molecule is CCN(CC)C(=O)C(C)Sc1nnc(-c2ccc(Cl)cc2)n1C. The molecule has 0 fully saturated rings. The minimum atomic E-state index is -0.198. The van der Waals surface area contributed by atoms with E-state index in [1.165, 1.54) is 11.8 Å². The number of hydrogen-bond acceptors (Lipinski definition) is 4. The van der Waals surface area contributed by atoms with Crippen LogP contribution >= 0.6 is 23.4 Å². The van der Waals surface area contributed by atoms with Crippen LogP contribution in [0.5, 0.6) is 0 Å². The van der Waals surface area contributed by atoms with Gasteiger partial charge in [-0.2, -0.15) is 0 Å². The number of amides is 1. The number of rotatable bonds is 6. The number of nitrogens with zero attached hydrogens (tertiary/aromatic N) is 4. The quantitative estimate of drug-likeness (QED) is 0.747. The molecular weight excluding hydrogens is 332 g/mol. The topological polar surface area (TPSA) is 51.0 Å². The van der Waals surface area contributed by atoms with Gasteiger partial charge in [-0.15, -0.1) is 10.2 Å². The van der Waals surface area contributed by atoms with E-state index in [-0.39, 0.29) is 11.2 Å². The van der Waals surface area contributed by atoms with Crippen LogP contribution in [0.15, 0.2) is 29.4 Å². The van der Waals surface area contributed by atoms with E-state index in [0.717, 1.165) is 29.6 Å².